The van der Waals surface area contributed by atoms with E-state index in [-0.39, 0.29) is 11.6 Å². The van der Waals surface area contributed by atoms with Crippen LogP contribution in [-0.4, -0.2) is 47.6 Å². The van der Waals surface area contributed by atoms with Crippen molar-refractivity contribution in [2.75, 3.05) is 31.6 Å². The smallest absolute Gasteiger partial charge is 0.337 e. The zero-order valence-electron chi connectivity index (χ0n) is 12.5. The minimum absolute atomic E-state index is 0.217. The number of nitrogens with zero attached hydrogens (tertiary/aromatic N) is 3. The van der Waals surface area contributed by atoms with Crippen LogP contribution in [-0.2, 0) is 0 Å². The van der Waals surface area contributed by atoms with Crippen molar-refractivity contribution in [2.24, 2.45) is 0 Å². The summed E-state index contributed by atoms with van der Waals surface area (Å²) in [6, 6.07) is 14.0. The minimum atomic E-state index is -0.947. The Morgan fingerprint density at radius 1 is 1.18 bits per heavy atom. The molecule has 5 heteroatoms. The molecule has 1 N–H and O–H groups in total. The largest absolute Gasteiger partial charge is 0.478 e. The number of carboxylic acids is 1. The number of rotatable bonds is 3. The Hall–Kier alpha value is -2.40. The van der Waals surface area contributed by atoms with Crippen LogP contribution in [0, 0.1) is 0 Å². The third-order valence-electron chi connectivity index (χ3n) is 4.06. The average Bonchev–Trinajstić information content (AvgIpc) is 2.56. The molecule has 1 saturated heterocycles. The normalized spacial score (nSPS) is 19.1. The molecule has 1 unspecified atom stereocenters. The van der Waals surface area contributed by atoms with Crippen LogP contribution in [0.1, 0.15) is 22.0 Å². The molecule has 114 valence electrons. The van der Waals surface area contributed by atoms with E-state index >= 15 is 0 Å². The molecular weight excluding hydrogens is 278 g/mol. The predicted octanol–water partition coefficient (Wildman–Crippen LogP) is 2.27. The molecule has 0 radical (unpaired) electrons. The number of anilines is 1. The van der Waals surface area contributed by atoms with Crippen LogP contribution in [0.4, 0.5) is 5.82 Å². The van der Waals surface area contributed by atoms with Gasteiger partial charge in [-0.05, 0) is 24.7 Å². The summed E-state index contributed by atoms with van der Waals surface area (Å²) < 4.78 is 0. The Bertz CT molecular complexity index is 643. The molecule has 0 bridgehead atoms. The maximum absolute atomic E-state index is 11.0. The highest BCUT2D eigenvalue weighted by Gasteiger charge is 2.27. The number of carboxylic acid groups (broad SMARTS) is 1. The summed E-state index contributed by atoms with van der Waals surface area (Å²) in [4.78, 5) is 19.9. The standard InChI is InChI=1S/C17H19N3O2/c1-19-9-10-20(15(12-19)13-5-3-2-4-6-13)16-8-7-14(11-18-16)17(21)22/h2-8,11,15H,9-10,12H2,1H3,(H,21,22). The van der Waals surface area contributed by atoms with Crippen LogP contribution in [0.3, 0.4) is 0 Å². The number of pyridine rings is 1. The summed E-state index contributed by atoms with van der Waals surface area (Å²) in [5, 5.41) is 8.99. The molecule has 2 heterocycles. The number of carbonyl (C=O) groups is 1. The van der Waals surface area contributed by atoms with E-state index in [1.54, 1.807) is 12.1 Å². The van der Waals surface area contributed by atoms with Gasteiger partial charge in [0, 0.05) is 25.8 Å². The molecule has 0 aliphatic carbocycles. The molecule has 1 fully saturated rings. The van der Waals surface area contributed by atoms with E-state index in [0.29, 0.717) is 0 Å². The van der Waals surface area contributed by atoms with Gasteiger partial charge in [0.25, 0.3) is 0 Å². The quantitative estimate of drug-likeness (QED) is 0.942. The molecule has 1 aromatic heterocycles. The number of aromatic nitrogens is 1. The van der Waals surface area contributed by atoms with Crippen LogP contribution in [0.25, 0.3) is 0 Å². The lowest BCUT2D eigenvalue weighted by molar-refractivity contribution is 0.0696. The minimum Gasteiger partial charge on any atom is -0.478 e. The van der Waals surface area contributed by atoms with Crippen molar-refractivity contribution in [1.29, 1.82) is 0 Å². The SMILES string of the molecule is CN1CCN(c2ccc(C(=O)O)cn2)C(c2ccccc2)C1. The van der Waals surface area contributed by atoms with Crippen molar-refractivity contribution >= 4 is 11.8 Å². The zero-order chi connectivity index (χ0) is 15.5. The van der Waals surface area contributed by atoms with Crippen LogP contribution in [0.2, 0.25) is 0 Å². The fourth-order valence-electron chi connectivity index (χ4n) is 2.84. The van der Waals surface area contributed by atoms with Gasteiger partial charge in [0.2, 0.25) is 0 Å². The molecule has 5 nitrogen and oxygen atoms in total. The Morgan fingerprint density at radius 2 is 1.95 bits per heavy atom. The van der Waals surface area contributed by atoms with Crippen molar-refractivity contribution in [3.8, 4) is 0 Å². The maximum atomic E-state index is 11.0. The van der Waals surface area contributed by atoms with Crippen molar-refractivity contribution < 1.29 is 9.90 Å². The fourth-order valence-corrected chi connectivity index (χ4v) is 2.84. The molecule has 1 aliphatic heterocycles. The highest BCUT2D eigenvalue weighted by molar-refractivity contribution is 5.87. The first-order chi connectivity index (χ1) is 10.6. The molecule has 1 atom stereocenters. The lowest BCUT2D eigenvalue weighted by Crippen LogP contribution is -2.47. The lowest BCUT2D eigenvalue weighted by atomic mass is 10.0. The summed E-state index contributed by atoms with van der Waals surface area (Å²) in [6.45, 7) is 2.76. The molecule has 0 spiro atoms. The van der Waals surface area contributed by atoms with Crippen molar-refractivity contribution in [3.05, 3.63) is 59.8 Å². The summed E-state index contributed by atoms with van der Waals surface area (Å²) in [5.74, 6) is -0.121. The van der Waals surface area contributed by atoms with Crippen LogP contribution in [0.15, 0.2) is 48.7 Å². The third-order valence-corrected chi connectivity index (χ3v) is 4.06. The van der Waals surface area contributed by atoms with Gasteiger partial charge < -0.3 is 14.9 Å². The van der Waals surface area contributed by atoms with Crippen LogP contribution in [0.5, 0.6) is 0 Å². The Kier molecular flexibility index (Phi) is 4.06. The van der Waals surface area contributed by atoms with E-state index < -0.39 is 5.97 Å². The van der Waals surface area contributed by atoms with Crippen molar-refractivity contribution in [3.63, 3.8) is 0 Å². The van der Waals surface area contributed by atoms with E-state index in [4.69, 9.17) is 5.11 Å². The number of piperazine rings is 1. The summed E-state index contributed by atoms with van der Waals surface area (Å²) in [5.41, 5.74) is 1.47. The number of likely N-dealkylation sites (N-methyl/N-ethyl adjacent to an activating group) is 1. The van der Waals surface area contributed by atoms with Gasteiger partial charge in [0.15, 0.2) is 0 Å². The second-order valence-electron chi connectivity index (χ2n) is 5.59. The summed E-state index contributed by atoms with van der Waals surface area (Å²) >= 11 is 0. The van der Waals surface area contributed by atoms with Crippen LogP contribution >= 0.6 is 0 Å². The molecule has 0 amide bonds. The Labute approximate surface area is 129 Å². The molecule has 3 rings (SSSR count). The number of aromatic carboxylic acids is 1. The average molecular weight is 297 g/mol. The van der Waals surface area contributed by atoms with Gasteiger partial charge in [-0.1, -0.05) is 30.3 Å². The third kappa shape index (κ3) is 2.94. The summed E-state index contributed by atoms with van der Waals surface area (Å²) in [7, 11) is 2.12. The molecule has 2 aromatic rings. The van der Waals surface area contributed by atoms with Gasteiger partial charge in [0.1, 0.15) is 5.82 Å². The van der Waals surface area contributed by atoms with Gasteiger partial charge in [-0.25, -0.2) is 9.78 Å². The van der Waals surface area contributed by atoms with E-state index in [1.807, 2.05) is 18.2 Å². The topological polar surface area (TPSA) is 56.7 Å². The molecule has 1 aliphatic rings. The fraction of sp³-hybridized carbons (Fsp3) is 0.294. The van der Waals surface area contributed by atoms with Gasteiger partial charge >= 0.3 is 5.97 Å². The maximum Gasteiger partial charge on any atom is 0.337 e. The summed E-state index contributed by atoms with van der Waals surface area (Å²) in [6.07, 6.45) is 1.43. The van der Waals surface area contributed by atoms with Crippen molar-refractivity contribution in [2.45, 2.75) is 6.04 Å². The van der Waals surface area contributed by atoms with Gasteiger partial charge in [-0.3, -0.25) is 0 Å². The molecular formula is C17H19N3O2. The first-order valence-corrected chi connectivity index (χ1v) is 7.34. The monoisotopic (exact) mass is 297 g/mol. The first kappa shape index (κ1) is 14.5. The van der Waals surface area contributed by atoms with E-state index in [2.05, 4.69) is 34.0 Å². The Balaban J connectivity index is 1.90. The highest BCUT2D eigenvalue weighted by Crippen LogP contribution is 2.29. The predicted molar refractivity (Wildman–Crippen MR) is 85.2 cm³/mol. The second-order valence-corrected chi connectivity index (χ2v) is 5.59. The highest BCUT2D eigenvalue weighted by atomic mass is 16.4. The molecule has 1 aromatic carbocycles. The van der Waals surface area contributed by atoms with E-state index in [1.165, 1.54) is 11.8 Å². The molecule has 22 heavy (non-hydrogen) atoms. The van der Waals surface area contributed by atoms with Gasteiger partial charge in [-0.2, -0.15) is 0 Å². The van der Waals surface area contributed by atoms with Gasteiger partial charge in [-0.15, -0.1) is 0 Å². The van der Waals surface area contributed by atoms with Gasteiger partial charge in [0.05, 0.1) is 11.6 Å². The number of benzene rings is 1. The van der Waals surface area contributed by atoms with E-state index in [9.17, 15) is 4.79 Å². The van der Waals surface area contributed by atoms with E-state index in [0.717, 1.165) is 25.5 Å². The first-order valence-electron chi connectivity index (χ1n) is 7.34. The number of hydrogen-bond acceptors (Lipinski definition) is 4. The molecule has 0 saturated carbocycles. The van der Waals surface area contributed by atoms with Crippen molar-refractivity contribution in [1.82, 2.24) is 9.88 Å². The Morgan fingerprint density at radius 3 is 2.59 bits per heavy atom. The lowest BCUT2D eigenvalue weighted by Gasteiger charge is -2.41. The number of hydrogen-bond donors (Lipinski definition) is 1. The zero-order valence-corrected chi connectivity index (χ0v) is 12.5. The second kappa shape index (κ2) is 6.15. The van der Waals surface area contributed by atoms with Crippen LogP contribution < -0.4 is 4.90 Å².